The van der Waals surface area contributed by atoms with Gasteiger partial charge in [0.2, 0.25) is 0 Å². The van der Waals surface area contributed by atoms with Gasteiger partial charge in [0.1, 0.15) is 6.29 Å². The summed E-state index contributed by atoms with van der Waals surface area (Å²) in [5, 5.41) is 0. The van der Waals surface area contributed by atoms with Gasteiger partial charge in [0.15, 0.2) is 0 Å². The molecule has 15 heavy (non-hydrogen) atoms. The van der Waals surface area contributed by atoms with Crippen LogP contribution in [-0.2, 0) is 4.79 Å². The summed E-state index contributed by atoms with van der Waals surface area (Å²) in [6, 6.07) is 0. The summed E-state index contributed by atoms with van der Waals surface area (Å²) in [5.74, 6) is 1.46. The van der Waals surface area contributed by atoms with Crippen LogP contribution in [0.2, 0.25) is 0 Å². The van der Waals surface area contributed by atoms with Gasteiger partial charge in [-0.3, -0.25) is 0 Å². The van der Waals surface area contributed by atoms with Crippen LogP contribution in [0.15, 0.2) is 23.8 Å². The minimum atomic E-state index is 0.654. The number of carbonyl (C=O) groups excluding carboxylic acids is 1. The molecule has 1 nitrogen and oxygen atoms in total. The van der Waals surface area contributed by atoms with Crippen LogP contribution in [0.1, 0.15) is 46.0 Å². The average molecular weight is 206 g/mol. The minimum absolute atomic E-state index is 0.654. The standard InChI is InChI=1S/C14H22O/c1-12-7-9-14(10-8-12)13(2)6-4-3-5-11-15/h4,6-7,11,13-14H,3,5,8-10H2,1-2H3/b6-4+. The molecule has 0 saturated heterocycles. The second-order valence-corrected chi connectivity index (χ2v) is 4.62. The molecular weight excluding hydrogens is 184 g/mol. The third kappa shape index (κ3) is 4.46. The van der Waals surface area contributed by atoms with Gasteiger partial charge in [-0.15, -0.1) is 0 Å². The van der Waals surface area contributed by atoms with Gasteiger partial charge in [0.05, 0.1) is 0 Å². The van der Waals surface area contributed by atoms with Crippen molar-refractivity contribution in [1.29, 1.82) is 0 Å². The fourth-order valence-electron chi connectivity index (χ4n) is 2.10. The molecule has 1 rings (SSSR count). The van der Waals surface area contributed by atoms with Crippen LogP contribution >= 0.6 is 0 Å². The summed E-state index contributed by atoms with van der Waals surface area (Å²) in [5.41, 5.74) is 1.54. The van der Waals surface area contributed by atoms with Gasteiger partial charge in [0, 0.05) is 6.42 Å². The SMILES string of the molecule is CC1=CCC(C(C)/C=C/CCC=O)CC1. The van der Waals surface area contributed by atoms with E-state index in [0.29, 0.717) is 12.3 Å². The van der Waals surface area contributed by atoms with Crippen LogP contribution in [0.25, 0.3) is 0 Å². The van der Waals surface area contributed by atoms with Crippen LogP contribution in [0.4, 0.5) is 0 Å². The zero-order valence-electron chi connectivity index (χ0n) is 9.91. The van der Waals surface area contributed by atoms with Crippen molar-refractivity contribution in [3.8, 4) is 0 Å². The maximum atomic E-state index is 10.1. The second kappa shape index (κ2) is 6.60. The first kappa shape index (κ1) is 12.2. The molecule has 84 valence electrons. The Bertz CT molecular complexity index is 250. The normalized spacial score (nSPS) is 23.9. The predicted molar refractivity (Wildman–Crippen MR) is 64.7 cm³/mol. The van der Waals surface area contributed by atoms with Crippen molar-refractivity contribution in [2.24, 2.45) is 11.8 Å². The van der Waals surface area contributed by atoms with Crippen molar-refractivity contribution in [2.45, 2.75) is 46.0 Å². The van der Waals surface area contributed by atoms with E-state index in [9.17, 15) is 4.79 Å². The van der Waals surface area contributed by atoms with E-state index in [-0.39, 0.29) is 0 Å². The lowest BCUT2D eigenvalue weighted by molar-refractivity contribution is -0.107. The van der Waals surface area contributed by atoms with Crippen LogP contribution in [0.3, 0.4) is 0 Å². The third-order valence-corrected chi connectivity index (χ3v) is 3.31. The van der Waals surface area contributed by atoms with E-state index < -0.39 is 0 Å². The Kier molecular flexibility index (Phi) is 5.38. The minimum Gasteiger partial charge on any atom is -0.303 e. The Balaban J connectivity index is 2.31. The maximum Gasteiger partial charge on any atom is 0.120 e. The number of allylic oxidation sites excluding steroid dienone is 4. The lowest BCUT2D eigenvalue weighted by Gasteiger charge is -2.24. The molecule has 0 saturated carbocycles. The Morgan fingerprint density at radius 2 is 2.33 bits per heavy atom. The number of hydrogen-bond acceptors (Lipinski definition) is 1. The Morgan fingerprint density at radius 3 is 2.93 bits per heavy atom. The van der Waals surface area contributed by atoms with Crippen molar-refractivity contribution < 1.29 is 4.79 Å². The maximum absolute atomic E-state index is 10.1. The molecule has 0 spiro atoms. The lowest BCUT2D eigenvalue weighted by atomic mass is 9.81. The molecule has 0 bridgehead atoms. The van der Waals surface area contributed by atoms with Crippen molar-refractivity contribution in [1.82, 2.24) is 0 Å². The first-order chi connectivity index (χ1) is 7.24. The van der Waals surface area contributed by atoms with Crippen molar-refractivity contribution in [3.63, 3.8) is 0 Å². The first-order valence-electron chi connectivity index (χ1n) is 6.00. The Hall–Kier alpha value is -0.850. The van der Waals surface area contributed by atoms with Crippen LogP contribution < -0.4 is 0 Å². The highest BCUT2D eigenvalue weighted by molar-refractivity contribution is 5.49. The van der Waals surface area contributed by atoms with Crippen molar-refractivity contribution in [2.75, 3.05) is 0 Å². The predicted octanol–water partition coefficient (Wildman–Crippen LogP) is 3.90. The lowest BCUT2D eigenvalue weighted by Crippen LogP contribution is -2.12. The zero-order valence-corrected chi connectivity index (χ0v) is 9.91. The molecule has 0 heterocycles. The summed E-state index contributed by atoms with van der Waals surface area (Å²) >= 11 is 0. The van der Waals surface area contributed by atoms with Crippen molar-refractivity contribution in [3.05, 3.63) is 23.8 Å². The number of carbonyl (C=O) groups is 1. The molecule has 0 aromatic carbocycles. The fourth-order valence-corrected chi connectivity index (χ4v) is 2.10. The van der Waals surface area contributed by atoms with Gasteiger partial charge in [-0.2, -0.15) is 0 Å². The van der Waals surface area contributed by atoms with Gasteiger partial charge >= 0.3 is 0 Å². The van der Waals surface area contributed by atoms with Gasteiger partial charge < -0.3 is 4.79 Å². The monoisotopic (exact) mass is 206 g/mol. The van der Waals surface area contributed by atoms with Gasteiger partial charge in [-0.05, 0) is 44.4 Å². The third-order valence-electron chi connectivity index (χ3n) is 3.31. The molecule has 0 amide bonds. The quantitative estimate of drug-likeness (QED) is 0.379. The molecule has 2 unspecified atom stereocenters. The van der Waals surface area contributed by atoms with E-state index in [1.54, 1.807) is 5.57 Å². The summed E-state index contributed by atoms with van der Waals surface area (Å²) in [6.45, 7) is 4.51. The van der Waals surface area contributed by atoms with E-state index in [1.807, 2.05) is 0 Å². The number of aldehydes is 1. The van der Waals surface area contributed by atoms with Gasteiger partial charge in [-0.25, -0.2) is 0 Å². The molecule has 0 N–H and O–H groups in total. The molecule has 0 aromatic heterocycles. The fraction of sp³-hybridized carbons (Fsp3) is 0.643. The second-order valence-electron chi connectivity index (χ2n) is 4.62. The molecule has 0 aromatic rings. The molecule has 0 aliphatic heterocycles. The summed E-state index contributed by atoms with van der Waals surface area (Å²) in [7, 11) is 0. The molecule has 0 radical (unpaired) electrons. The van der Waals surface area contributed by atoms with Gasteiger partial charge in [0.25, 0.3) is 0 Å². The molecule has 1 heteroatoms. The van der Waals surface area contributed by atoms with Crippen LogP contribution in [-0.4, -0.2) is 6.29 Å². The largest absolute Gasteiger partial charge is 0.303 e. The summed E-state index contributed by atoms with van der Waals surface area (Å²) < 4.78 is 0. The van der Waals surface area contributed by atoms with E-state index in [0.717, 1.165) is 18.6 Å². The highest BCUT2D eigenvalue weighted by Gasteiger charge is 2.16. The van der Waals surface area contributed by atoms with Gasteiger partial charge in [-0.1, -0.05) is 30.7 Å². The van der Waals surface area contributed by atoms with E-state index in [1.165, 1.54) is 19.3 Å². The molecule has 0 fully saturated rings. The molecular formula is C14H22O. The van der Waals surface area contributed by atoms with E-state index in [2.05, 4.69) is 32.1 Å². The number of rotatable bonds is 5. The summed E-state index contributed by atoms with van der Waals surface area (Å²) in [6.07, 6.45) is 13.2. The van der Waals surface area contributed by atoms with Crippen LogP contribution in [0.5, 0.6) is 0 Å². The first-order valence-corrected chi connectivity index (χ1v) is 6.00. The average Bonchev–Trinajstić information content (AvgIpc) is 2.25. The topological polar surface area (TPSA) is 17.1 Å². The number of hydrogen-bond donors (Lipinski definition) is 0. The summed E-state index contributed by atoms with van der Waals surface area (Å²) in [4.78, 5) is 10.1. The Morgan fingerprint density at radius 1 is 1.53 bits per heavy atom. The van der Waals surface area contributed by atoms with E-state index >= 15 is 0 Å². The Labute approximate surface area is 93.3 Å². The zero-order chi connectivity index (χ0) is 11.1. The molecule has 1 aliphatic carbocycles. The highest BCUT2D eigenvalue weighted by atomic mass is 16.1. The smallest absolute Gasteiger partial charge is 0.120 e. The molecule has 1 aliphatic rings. The van der Waals surface area contributed by atoms with Crippen molar-refractivity contribution >= 4 is 6.29 Å². The van der Waals surface area contributed by atoms with Crippen LogP contribution in [0, 0.1) is 11.8 Å². The molecule has 2 atom stereocenters. The number of unbranched alkanes of at least 4 members (excludes halogenated alkanes) is 1. The highest BCUT2D eigenvalue weighted by Crippen LogP contribution is 2.29. The van der Waals surface area contributed by atoms with E-state index in [4.69, 9.17) is 0 Å².